The van der Waals surface area contributed by atoms with Crippen LogP contribution in [0.1, 0.15) is 20.8 Å². The van der Waals surface area contributed by atoms with Gasteiger partial charge in [0.1, 0.15) is 0 Å². The van der Waals surface area contributed by atoms with E-state index in [1.54, 1.807) is 6.07 Å². The molecule has 92 valence electrons. The second-order valence-electron chi connectivity index (χ2n) is 3.84. The first-order chi connectivity index (χ1) is 7.29. The van der Waals surface area contributed by atoms with Crippen LogP contribution in [-0.4, -0.2) is 32.7 Å². The van der Waals surface area contributed by atoms with Crippen molar-refractivity contribution in [2.45, 2.75) is 26.0 Å². The van der Waals surface area contributed by atoms with Crippen molar-refractivity contribution >= 4 is 15.9 Å². The molecule has 1 amide bonds. The third-order valence-corrected chi connectivity index (χ3v) is 3.37. The van der Waals surface area contributed by atoms with Gasteiger partial charge in [0.05, 0.1) is 12.6 Å². The number of nitrogens with one attached hydrogen (secondary N) is 2. The van der Waals surface area contributed by atoms with E-state index in [9.17, 15) is 13.2 Å². The van der Waals surface area contributed by atoms with Gasteiger partial charge in [-0.25, -0.2) is 13.1 Å². The van der Waals surface area contributed by atoms with E-state index in [0.29, 0.717) is 12.5 Å². The molecule has 16 heavy (non-hydrogen) atoms. The fraction of sp³-hybridized carbons (Fsp3) is 0.778. The Labute approximate surface area is 96.1 Å². The predicted molar refractivity (Wildman–Crippen MR) is 59.8 cm³/mol. The Morgan fingerprint density at radius 1 is 1.38 bits per heavy atom. The highest BCUT2D eigenvalue weighted by Crippen LogP contribution is 1.95. The van der Waals surface area contributed by atoms with Gasteiger partial charge in [-0.1, -0.05) is 13.8 Å². The molecule has 7 heteroatoms. The Balaban J connectivity index is 4.07. The molecule has 0 fully saturated rings. The minimum Gasteiger partial charge on any atom is -0.355 e. The summed E-state index contributed by atoms with van der Waals surface area (Å²) in [5.41, 5.74) is 0. The van der Waals surface area contributed by atoms with Crippen molar-refractivity contribution in [1.29, 1.82) is 5.26 Å². The number of rotatable bonds is 6. The van der Waals surface area contributed by atoms with E-state index < -0.39 is 21.2 Å². The summed E-state index contributed by atoms with van der Waals surface area (Å²) in [6, 6.07) is 1.60. The summed E-state index contributed by atoms with van der Waals surface area (Å²) in [7, 11) is -3.72. The van der Waals surface area contributed by atoms with Crippen molar-refractivity contribution in [2.75, 3.05) is 13.1 Å². The van der Waals surface area contributed by atoms with Gasteiger partial charge < -0.3 is 5.32 Å². The first-order valence-electron chi connectivity index (χ1n) is 4.94. The van der Waals surface area contributed by atoms with Crippen molar-refractivity contribution in [3.63, 3.8) is 0 Å². The van der Waals surface area contributed by atoms with Crippen LogP contribution in [-0.2, 0) is 14.8 Å². The molecule has 0 aromatic heterocycles. The van der Waals surface area contributed by atoms with Crippen molar-refractivity contribution in [3.05, 3.63) is 0 Å². The Morgan fingerprint density at radius 2 is 1.94 bits per heavy atom. The van der Waals surface area contributed by atoms with Crippen LogP contribution in [0.5, 0.6) is 0 Å². The highest BCUT2D eigenvalue weighted by Gasteiger charge is 2.20. The van der Waals surface area contributed by atoms with E-state index >= 15 is 0 Å². The lowest BCUT2D eigenvalue weighted by molar-refractivity contribution is -0.120. The summed E-state index contributed by atoms with van der Waals surface area (Å²) in [4.78, 5) is 11.2. The number of hydrogen-bond donors (Lipinski definition) is 2. The number of sulfonamides is 1. The molecule has 0 aliphatic rings. The first-order valence-corrected chi connectivity index (χ1v) is 6.49. The molecule has 0 saturated carbocycles. The third kappa shape index (κ3) is 5.68. The summed E-state index contributed by atoms with van der Waals surface area (Å²) >= 11 is 0. The highest BCUT2D eigenvalue weighted by atomic mass is 32.2. The average Bonchev–Trinajstić information content (AvgIpc) is 2.22. The summed E-state index contributed by atoms with van der Waals surface area (Å²) in [5.74, 6) is -0.0963. The van der Waals surface area contributed by atoms with Gasteiger partial charge in [0.2, 0.25) is 15.9 Å². The average molecular weight is 247 g/mol. The van der Waals surface area contributed by atoms with E-state index in [0.717, 1.165) is 0 Å². The van der Waals surface area contributed by atoms with Crippen LogP contribution in [0.4, 0.5) is 0 Å². The smallest absolute Gasteiger partial charge is 0.235 e. The number of amides is 1. The summed E-state index contributed by atoms with van der Waals surface area (Å²) in [6.45, 7) is 5.29. The molecule has 0 bridgehead atoms. The number of carbonyl (C=O) groups is 1. The van der Waals surface area contributed by atoms with Crippen LogP contribution in [0.25, 0.3) is 0 Å². The van der Waals surface area contributed by atoms with Gasteiger partial charge >= 0.3 is 0 Å². The number of nitriles is 1. The maximum atomic E-state index is 11.3. The molecule has 2 N–H and O–H groups in total. The van der Waals surface area contributed by atoms with Crippen molar-refractivity contribution in [1.82, 2.24) is 10.0 Å². The van der Waals surface area contributed by atoms with Gasteiger partial charge in [0, 0.05) is 6.54 Å². The van der Waals surface area contributed by atoms with Gasteiger partial charge in [-0.2, -0.15) is 5.26 Å². The standard InChI is InChI=1S/C9H17N3O3S/c1-7(2)5-11-9(13)6-12-16(14,15)8(3)4-10/h7-8,12H,5-6H2,1-3H3,(H,11,13). The molecule has 0 spiro atoms. The summed E-state index contributed by atoms with van der Waals surface area (Å²) in [6.07, 6.45) is 0. The lowest BCUT2D eigenvalue weighted by Gasteiger charge is -2.09. The van der Waals surface area contributed by atoms with Crippen molar-refractivity contribution in [3.8, 4) is 6.07 Å². The van der Waals surface area contributed by atoms with Crippen LogP contribution < -0.4 is 10.0 Å². The maximum absolute atomic E-state index is 11.3. The molecule has 0 aromatic carbocycles. The van der Waals surface area contributed by atoms with E-state index in [1.165, 1.54) is 6.92 Å². The molecule has 0 aliphatic carbocycles. The maximum Gasteiger partial charge on any atom is 0.235 e. The van der Waals surface area contributed by atoms with Gasteiger partial charge in [-0.3, -0.25) is 4.79 Å². The quantitative estimate of drug-likeness (QED) is 0.666. The Morgan fingerprint density at radius 3 is 2.38 bits per heavy atom. The number of carbonyl (C=O) groups excluding carboxylic acids is 1. The molecule has 0 rings (SSSR count). The zero-order valence-corrected chi connectivity index (χ0v) is 10.5. The monoisotopic (exact) mass is 247 g/mol. The molecule has 1 unspecified atom stereocenters. The third-order valence-electron chi connectivity index (χ3n) is 1.79. The zero-order chi connectivity index (χ0) is 12.8. The van der Waals surface area contributed by atoms with E-state index in [4.69, 9.17) is 5.26 Å². The Hall–Kier alpha value is -1.13. The van der Waals surface area contributed by atoms with E-state index in [-0.39, 0.29) is 6.54 Å². The molecular weight excluding hydrogens is 230 g/mol. The molecular formula is C9H17N3O3S. The van der Waals surface area contributed by atoms with Gasteiger partial charge in [0.25, 0.3) is 0 Å². The van der Waals surface area contributed by atoms with Crippen molar-refractivity contribution in [2.24, 2.45) is 5.92 Å². The minimum absolute atomic E-state index is 0.304. The largest absolute Gasteiger partial charge is 0.355 e. The van der Waals surface area contributed by atoms with Crippen LogP contribution >= 0.6 is 0 Å². The molecule has 1 atom stereocenters. The van der Waals surface area contributed by atoms with Crippen LogP contribution in [0.3, 0.4) is 0 Å². The van der Waals surface area contributed by atoms with Gasteiger partial charge in [0.15, 0.2) is 5.25 Å². The molecule has 6 nitrogen and oxygen atoms in total. The molecule has 0 aliphatic heterocycles. The van der Waals surface area contributed by atoms with Crippen molar-refractivity contribution < 1.29 is 13.2 Å². The second kappa shape index (κ2) is 6.45. The van der Waals surface area contributed by atoms with E-state index in [1.807, 2.05) is 13.8 Å². The van der Waals surface area contributed by atoms with Crippen LogP contribution in [0.15, 0.2) is 0 Å². The fourth-order valence-electron chi connectivity index (χ4n) is 0.741. The number of nitrogens with zero attached hydrogens (tertiary/aromatic N) is 1. The first kappa shape index (κ1) is 14.9. The summed E-state index contributed by atoms with van der Waals surface area (Å²) in [5, 5.41) is 9.84. The Bertz CT molecular complexity index is 370. The van der Waals surface area contributed by atoms with Crippen LogP contribution in [0.2, 0.25) is 0 Å². The fourth-order valence-corrected chi connectivity index (χ4v) is 1.46. The normalized spacial score (nSPS) is 13.2. The van der Waals surface area contributed by atoms with Gasteiger partial charge in [-0.05, 0) is 12.8 Å². The lowest BCUT2D eigenvalue weighted by Crippen LogP contribution is -2.40. The highest BCUT2D eigenvalue weighted by molar-refractivity contribution is 7.90. The predicted octanol–water partition coefficient (Wildman–Crippen LogP) is -0.410. The molecule has 0 aromatic rings. The minimum atomic E-state index is -3.72. The van der Waals surface area contributed by atoms with Gasteiger partial charge in [-0.15, -0.1) is 0 Å². The topological polar surface area (TPSA) is 99.1 Å². The summed E-state index contributed by atoms with van der Waals surface area (Å²) < 4.78 is 24.7. The SMILES string of the molecule is CC(C)CNC(=O)CNS(=O)(=O)C(C)C#N. The molecule has 0 saturated heterocycles. The zero-order valence-electron chi connectivity index (χ0n) is 9.65. The number of hydrogen-bond acceptors (Lipinski definition) is 4. The Kier molecular flexibility index (Phi) is 6.00. The molecule has 0 heterocycles. The second-order valence-corrected chi connectivity index (χ2v) is 5.92. The van der Waals surface area contributed by atoms with E-state index in [2.05, 4.69) is 10.0 Å². The lowest BCUT2D eigenvalue weighted by atomic mass is 10.2. The molecule has 0 radical (unpaired) electrons. The van der Waals surface area contributed by atoms with Crippen LogP contribution in [0, 0.1) is 17.2 Å².